The van der Waals surface area contributed by atoms with Crippen molar-refractivity contribution in [2.45, 2.75) is 0 Å². The van der Waals surface area contributed by atoms with Crippen LogP contribution >= 0.6 is 0 Å². The number of aromatic nitrogens is 6. The Morgan fingerprint density at radius 2 is 0.697 bits per heavy atom. The molecule has 7 aromatic rings. The summed E-state index contributed by atoms with van der Waals surface area (Å²) in [6.07, 6.45) is 0. The Bertz CT molecular complexity index is 1460. The molecule has 6 nitrogen and oxygen atoms in total. The second-order valence-corrected chi connectivity index (χ2v) is 8.12. The van der Waals surface area contributed by atoms with Gasteiger partial charge in [0.2, 0.25) is 0 Å². The van der Waals surface area contributed by atoms with E-state index >= 15 is 0 Å². The second-order valence-electron chi connectivity index (χ2n) is 8.12. The fourth-order valence-corrected chi connectivity index (χ4v) is 4.32. The molecule has 3 aromatic carbocycles. The standard InChI is InChI=1S/C27H18N6/c1-4-10-19-16(7-1)13-22(28-19)25-31-26(23-14-17-8-2-5-11-20(17)29-23)33-27(32-25)24-15-18-9-3-6-12-21(18)30-24/h1-15,28-30H. The van der Waals surface area contributed by atoms with E-state index in [1.54, 1.807) is 0 Å². The van der Waals surface area contributed by atoms with Gasteiger partial charge in [0.15, 0.2) is 17.5 Å². The molecule has 33 heavy (non-hydrogen) atoms. The van der Waals surface area contributed by atoms with Crippen molar-refractivity contribution >= 4 is 32.7 Å². The summed E-state index contributed by atoms with van der Waals surface area (Å²) in [7, 11) is 0. The fraction of sp³-hybridized carbons (Fsp3) is 0. The van der Waals surface area contributed by atoms with Crippen LogP contribution in [0.1, 0.15) is 0 Å². The van der Waals surface area contributed by atoms with Crippen LogP contribution in [-0.4, -0.2) is 29.9 Å². The number of hydrogen-bond acceptors (Lipinski definition) is 3. The quantitative estimate of drug-likeness (QED) is 0.309. The number of aromatic amines is 3. The fourth-order valence-electron chi connectivity index (χ4n) is 4.32. The number of hydrogen-bond donors (Lipinski definition) is 3. The van der Waals surface area contributed by atoms with E-state index < -0.39 is 0 Å². The van der Waals surface area contributed by atoms with Crippen molar-refractivity contribution in [3.05, 3.63) is 91.0 Å². The van der Waals surface area contributed by atoms with Crippen molar-refractivity contribution in [1.82, 2.24) is 29.9 Å². The Morgan fingerprint density at radius 1 is 0.394 bits per heavy atom. The van der Waals surface area contributed by atoms with Gasteiger partial charge >= 0.3 is 0 Å². The summed E-state index contributed by atoms with van der Waals surface area (Å²) in [5, 5.41) is 3.35. The summed E-state index contributed by atoms with van der Waals surface area (Å²) < 4.78 is 0. The summed E-state index contributed by atoms with van der Waals surface area (Å²) >= 11 is 0. The molecule has 3 N–H and O–H groups in total. The van der Waals surface area contributed by atoms with Crippen LogP contribution in [0.2, 0.25) is 0 Å². The van der Waals surface area contributed by atoms with E-state index in [0.717, 1.165) is 49.8 Å². The average Bonchev–Trinajstić information content (AvgIpc) is 3.59. The van der Waals surface area contributed by atoms with Crippen molar-refractivity contribution in [1.29, 1.82) is 0 Å². The van der Waals surface area contributed by atoms with Gasteiger partial charge < -0.3 is 15.0 Å². The van der Waals surface area contributed by atoms with Crippen molar-refractivity contribution in [2.24, 2.45) is 0 Å². The number of nitrogens with zero attached hydrogens (tertiary/aromatic N) is 3. The van der Waals surface area contributed by atoms with Crippen LogP contribution in [0, 0.1) is 0 Å². The smallest absolute Gasteiger partial charge is 0.180 e. The largest absolute Gasteiger partial charge is 0.352 e. The van der Waals surface area contributed by atoms with Crippen molar-refractivity contribution < 1.29 is 0 Å². The number of fused-ring (bicyclic) bond motifs is 3. The molecule has 0 bridgehead atoms. The molecule has 156 valence electrons. The first kappa shape index (κ1) is 17.9. The van der Waals surface area contributed by atoms with Gasteiger partial charge in [0.25, 0.3) is 0 Å². The average molecular weight is 426 g/mol. The van der Waals surface area contributed by atoms with Gasteiger partial charge in [-0.3, -0.25) is 0 Å². The highest BCUT2D eigenvalue weighted by Gasteiger charge is 2.16. The van der Waals surface area contributed by atoms with Crippen LogP contribution in [0.3, 0.4) is 0 Å². The highest BCUT2D eigenvalue weighted by Crippen LogP contribution is 2.29. The Hall–Kier alpha value is -4.71. The number of para-hydroxylation sites is 3. The zero-order valence-electron chi connectivity index (χ0n) is 17.5. The molecule has 0 aliphatic rings. The van der Waals surface area contributed by atoms with Crippen LogP contribution in [0.5, 0.6) is 0 Å². The predicted molar refractivity (Wildman–Crippen MR) is 132 cm³/mol. The summed E-state index contributed by atoms with van der Waals surface area (Å²) in [4.78, 5) is 24.9. The third kappa shape index (κ3) is 3.00. The Labute approximate surface area is 188 Å². The van der Waals surface area contributed by atoms with Crippen molar-refractivity contribution in [2.75, 3.05) is 0 Å². The molecule has 0 spiro atoms. The van der Waals surface area contributed by atoms with E-state index in [2.05, 4.69) is 69.5 Å². The minimum Gasteiger partial charge on any atom is -0.352 e. The molecule has 6 heteroatoms. The molecule has 4 aromatic heterocycles. The number of benzene rings is 3. The zero-order chi connectivity index (χ0) is 21.8. The zero-order valence-corrected chi connectivity index (χ0v) is 17.5. The third-order valence-electron chi connectivity index (χ3n) is 5.95. The molecule has 7 rings (SSSR count). The first-order valence-electron chi connectivity index (χ1n) is 10.8. The van der Waals surface area contributed by atoms with Gasteiger partial charge in [0.1, 0.15) is 0 Å². The van der Waals surface area contributed by atoms with Gasteiger partial charge in [-0.2, -0.15) is 0 Å². The highest BCUT2D eigenvalue weighted by atomic mass is 15.1. The minimum absolute atomic E-state index is 0.600. The van der Waals surface area contributed by atoms with Crippen LogP contribution in [-0.2, 0) is 0 Å². The Kier molecular flexibility index (Phi) is 3.75. The molecule has 0 saturated heterocycles. The summed E-state index contributed by atoms with van der Waals surface area (Å²) in [6, 6.07) is 30.8. The number of nitrogens with one attached hydrogen (secondary N) is 3. The third-order valence-corrected chi connectivity index (χ3v) is 5.95. The number of H-pyrrole nitrogens is 3. The molecule has 0 aliphatic carbocycles. The van der Waals surface area contributed by atoms with E-state index in [9.17, 15) is 0 Å². The second kappa shape index (κ2) is 6.90. The van der Waals surface area contributed by atoms with Crippen LogP contribution in [0.4, 0.5) is 0 Å². The SMILES string of the molecule is c1ccc2[nH]c(-c3nc(-c4cc5ccccc5[nH]4)nc(-c4cc5ccccc5[nH]4)n3)cc2c1. The van der Waals surface area contributed by atoms with E-state index in [1.165, 1.54) is 0 Å². The molecule has 4 heterocycles. The maximum absolute atomic E-state index is 4.85. The van der Waals surface area contributed by atoms with Gasteiger partial charge in [-0.25, -0.2) is 15.0 Å². The molecule has 0 aliphatic heterocycles. The van der Waals surface area contributed by atoms with Gasteiger partial charge in [-0.1, -0.05) is 54.6 Å². The number of rotatable bonds is 3. The van der Waals surface area contributed by atoms with Crippen molar-refractivity contribution in [3.63, 3.8) is 0 Å². The van der Waals surface area contributed by atoms with E-state index in [-0.39, 0.29) is 0 Å². The molecule has 0 radical (unpaired) electrons. The lowest BCUT2D eigenvalue weighted by Gasteiger charge is -2.05. The van der Waals surface area contributed by atoms with Crippen LogP contribution < -0.4 is 0 Å². The lowest BCUT2D eigenvalue weighted by molar-refractivity contribution is 1.05. The van der Waals surface area contributed by atoms with Gasteiger partial charge in [-0.05, 0) is 36.4 Å². The van der Waals surface area contributed by atoms with E-state index in [1.807, 2.05) is 36.4 Å². The minimum atomic E-state index is 0.600. The highest BCUT2D eigenvalue weighted by molar-refractivity contribution is 5.88. The molecule has 0 atom stereocenters. The first-order valence-corrected chi connectivity index (χ1v) is 10.8. The monoisotopic (exact) mass is 426 g/mol. The Morgan fingerprint density at radius 3 is 1.00 bits per heavy atom. The molecule has 0 fully saturated rings. The maximum atomic E-state index is 4.85. The summed E-state index contributed by atoms with van der Waals surface area (Å²) in [5.41, 5.74) is 5.71. The topological polar surface area (TPSA) is 86.0 Å². The lowest BCUT2D eigenvalue weighted by Crippen LogP contribution is -2.00. The Balaban J connectivity index is 1.46. The molecular weight excluding hydrogens is 408 g/mol. The van der Waals surface area contributed by atoms with E-state index in [0.29, 0.717) is 17.5 Å². The lowest BCUT2D eigenvalue weighted by atomic mass is 10.2. The van der Waals surface area contributed by atoms with Gasteiger partial charge in [0, 0.05) is 32.7 Å². The molecular formula is C27H18N6. The maximum Gasteiger partial charge on any atom is 0.180 e. The molecule has 0 unspecified atom stereocenters. The summed E-state index contributed by atoms with van der Waals surface area (Å²) in [6.45, 7) is 0. The van der Waals surface area contributed by atoms with Crippen LogP contribution in [0.25, 0.3) is 67.3 Å². The normalized spacial score (nSPS) is 11.6. The predicted octanol–water partition coefficient (Wildman–Crippen LogP) is 6.32. The molecule has 0 saturated carbocycles. The summed E-state index contributed by atoms with van der Waals surface area (Å²) in [5.74, 6) is 1.80. The van der Waals surface area contributed by atoms with Gasteiger partial charge in [-0.15, -0.1) is 0 Å². The first-order chi connectivity index (χ1) is 16.3. The van der Waals surface area contributed by atoms with Gasteiger partial charge in [0.05, 0.1) is 17.1 Å². The molecule has 0 amide bonds. The van der Waals surface area contributed by atoms with Crippen LogP contribution in [0.15, 0.2) is 91.0 Å². The van der Waals surface area contributed by atoms with E-state index in [4.69, 9.17) is 15.0 Å². The van der Waals surface area contributed by atoms with Crippen molar-refractivity contribution in [3.8, 4) is 34.6 Å².